The molecule has 0 aliphatic heterocycles. The molecule has 61 heavy (non-hydrogen) atoms. The maximum Gasteiger partial charge on any atom is 0.144 e. The predicted octanol–water partition coefficient (Wildman–Crippen LogP) is 16.4. The third-order valence-corrected chi connectivity index (χ3v) is 14.0. The second-order valence-corrected chi connectivity index (χ2v) is 18.0. The standard InChI is InChI=1S/C58H41NO2/c1-57(2)46-20-10-7-17-39(46)41-27-24-35(30-48(41)57)54-55-43-19-9-12-23-51(43)60-53(55)33-45-44-31-36(26-29-52(44)61-56(45)54)59(50-22-13-15-34-14-5-6-16-38(34)50)37-25-28-42-40-18-8-11-21-47(40)58(3,4)49(42)32-37/h5-33H,1-4H3. The largest absolute Gasteiger partial charge is 0.456 e. The first kappa shape index (κ1) is 34.5. The molecule has 0 spiro atoms. The van der Waals surface area contributed by atoms with E-state index in [2.05, 4.69) is 202 Å². The topological polar surface area (TPSA) is 29.5 Å². The van der Waals surface area contributed by atoms with Gasteiger partial charge in [-0.2, -0.15) is 0 Å². The number of hydrogen-bond donors (Lipinski definition) is 0. The molecule has 2 aromatic heterocycles. The molecule has 0 unspecified atom stereocenters. The van der Waals surface area contributed by atoms with Crippen LogP contribution in [0.25, 0.3) is 88.0 Å². The Morgan fingerprint density at radius 3 is 1.77 bits per heavy atom. The normalized spacial score (nSPS) is 14.5. The summed E-state index contributed by atoms with van der Waals surface area (Å²) in [5.41, 5.74) is 19.3. The zero-order valence-electron chi connectivity index (χ0n) is 34.5. The van der Waals surface area contributed by atoms with Crippen molar-refractivity contribution in [2.24, 2.45) is 0 Å². The molecule has 0 saturated heterocycles. The summed E-state index contributed by atoms with van der Waals surface area (Å²) in [6, 6.07) is 64.3. The van der Waals surface area contributed by atoms with E-state index in [1.165, 1.54) is 55.3 Å². The molecular formula is C58H41NO2. The number of para-hydroxylation sites is 1. The molecule has 0 N–H and O–H groups in total. The van der Waals surface area contributed by atoms with E-state index in [0.717, 1.165) is 72.1 Å². The fourth-order valence-electron chi connectivity index (χ4n) is 11.0. The lowest BCUT2D eigenvalue weighted by Gasteiger charge is -2.29. The molecule has 2 aliphatic carbocycles. The molecule has 3 nitrogen and oxygen atoms in total. The van der Waals surface area contributed by atoms with Gasteiger partial charge in [-0.05, 0) is 110 Å². The molecule has 0 saturated carbocycles. The van der Waals surface area contributed by atoms with Crippen LogP contribution in [0.4, 0.5) is 17.1 Å². The fraction of sp³-hybridized carbons (Fsp3) is 0.103. The first-order valence-electron chi connectivity index (χ1n) is 21.3. The van der Waals surface area contributed by atoms with Gasteiger partial charge in [0.1, 0.15) is 22.3 Å². The quantitative estimate of drug-likeness (QED) is 0.178. The minimum Gasteiger partial charge on any atom is -0.456 e. The van der Waals surface area contributed by atoms with Crippen LogP contribution < -0.4 is 4.90 Å². The van der Waals surface area contributed by atoms with Gasteiger partial charge in [0, 0.05) is 54.7 Å². The Kier molecular flexibility index (Phi) is 6.85. The van der Waals surface area contributed by atoms with Crippen LogP contribution in [0, 0.1) is 0 Å². The monoisotopic (exact) mass is 783 g/mol. The van der Waals surface area contributed by atoms with Crippen molar-refractivity contribution in [3.8, 4) is 33.4 Å². The highest BCUT2D eigenvalue weighted by Crippen LogP contribution is 2.54. The lowest BCUT2D eigenvalue weighted by molar-refractivity contribution is 0.660. The van der Waals surface area contributed by atoms with E-state index in [4.69, 9.17) is 8.83 Å². The second-order valence-electron chi connectivity index (χ2n) is 18.0. The third-order valence-electron chi connectivity index (χ3n) is 14.0. The predicted molar refractivity (Wildman–Crippen MR) is 254 cm³/mol. The van der Waals surface area contributed by atoms with Crippen molar-refractivity contribution in [3.63, 3.8) is 0 Å². The van der Waals surface area contributed by atoms with Crippen LogP contribution in [0.1, 0.15) is 49.9 Å². The van der Waals surface area contributed by atoms with Crippen molar-refractivity contribution in [1.82, 2.24) is 0 Å². The average Bonchev–Trinajstić information content (AvgIpc) is 3.98. The lowest BCUT2D eigenvalue weighted by atomic mass is 9.81. The number of nitrogens with zero attached hydrogens (tertiary/aromatic N) is 1. The summed E-state index contributed by atoms with van der Waals surface area (Å²) in [6.45, 7) is 9.39. The number of anilines is 3. The minimum atomic E-state index is -0.142. The number of fused-ring (bicyclic) bond motifs is 13. The Hall–Kier alpha value is -7.36. The molecule has 9 aromatic carbocycles. The first-order chi connectivity index (χ1) is 29.8. The third kappa shape index (κ3) is 4.69. The van der Waals surface area contributed by atoms with Gasteiger partial charge in [0.25, 0.3) is 0 Å². The number of benzene rings is 9. The first-order valence-corrected chi connectivity index (χ1v) is 21.3. The van der Waals surface area contributed by atoms with E-state index in [0.29, 0.717) is 0 Å². The molecule has 2 aliphatic rings. The van der Waals surface area contributed by atoms with Crippen LogP contribution in [0.3, 0.4) is 0 Å². The van der Waals surface area contributed by atoms with E-state index in [1.54, 1.807) is 0 Å². The lowest BCUT2D eigenvalue weighted by Crippen LogP contribution is -2.16. The van der Waals surface area contributed by atoms with Crippen molar-refractivity contribution in [2.75, 3.05) is 4.90 Å². The van der Waals surface area contributed by atoms with Crippen LogP contribution in [0.2, 0.25) is 0 Å². The second kappa shape index (κ2) is 12.1. The summed E-state index contributed by atoms with van der Waals surface area (Å²) in [7, 11) is 0. The molecule has 0 atom stereocenters. The van der Waals surface area contributed by atoms with Gasteiger partial charge in [-0.25, -0.2) is 0 Å². The van der Waals surface area contributed by atoms with Crippen molar-refractivity contribution < 1.29 is 8.83 Å². The summed E-state index contributed by atoms with van der Waals surface area (Å²) < 4.78 is 13.8. The van der Waals surface area contributed by atoms with E-state index in [1.807, 2.05) is 6.07 Å². The van der Waals surface area contributed by atoms with E-state index in [-0.39, 0.29) is 10.8 Å². The zero-order valence-corrected chi connectivity index (χ0v) is 34.5. The van der Waals surface area contributed by atoms with E-state index >= 15 is 0 Å². The Morgan fingerprint density at radius 2 is 0.984 bits per heavy atom. The van der Waals surface area contributed by atoms with Gasteiger partial charge < -0.3 is 13.7 Å². The number of hydrogen-bond acceptors (Lipinski definition) is 3. The highest BCUT2D eigenvalue weighted by molar-refractivity contribution is 6.24. The molecule has 0 fully saturated rings. The highest BCUT2D eigenvalue weighted by atomic mass is 16.3. The molecular weight excluding hydrogens is 743 g/mol. The van der Waals surface area contributed by atoms with Gasteiger partial charge in [-0.3, -0.25) is 0 Å². The summed E-state index contributed by atoms with van der Waals surface area (Å²) in [5.74, 6) is 0. The van der Waals surface area contributed by atoms with Crippen molar-refractivity contribution in [2.45, 2.75) is 38.5 Å². The summed E-state index contributed by atoms with van der Waals surface area (Å²) in [5, 5.41) is 6.63. The van der Waals surface area contributed by atoms with Gasteiger partial charge in [0.15, 0.2) is 0 Å². The molecule has 0 radical (unpaired) electrons. The maximum atomic E-state index is 7.08. The molecule has 290 valence electrons. The molecule has 11 aromatic rings. The SMILES string of the molecule is CC1(C)c2ccccc2-c2ccc(-c3c4oc5ccc(N(c6ccc7c(c6)C(C)(C)c6ccccc6-7)c6cccc7ccccc67)cc5c4cc4oc5ccccc5c34)cc21. The van der Waals surface area contributed by atoms with Crippen molar-refractivity contribution >= 4 is 71.7 Å². The van der Waals surface area contributed by atoms with Crippen LogP contribution in [0.5, 0.6) is 0 Å². The average molecular weight is 784 g/mol. The molecule has 3 heteroatoms. The number of rotatable bonds is 4. The van der Waals surface area contributed by atoms with Gasteiger partial charge >= 0.3 is 0 Å². The minimum absolute atomic E-state index is 0.138. The van der Waals surface area contributed by atoms with Crippen LogP contribution in [-0.4, -0.2) is 0 Å². The molecule has 2 heterocycles. The summed E-state index contributed by atoms with van der Waals surface area (Å²) >= 11 is 0. The van der Waals surface area contributed by atoms with Crippen LogP contribution in [0.15, 0.2) is 185 Å². The van der Waals surface area contributed by atoms with Gasteiger partial charge in [-0.1, -0.05) is 149 Å². The van der Waals surface area contributed by atoms with Crippen LogP contribution >= 0.6 is 0 Å². The Bertz CT molecular complexity index is 3660. The smallest absolute Gasteiger partial charge is 0.144 e. The Balaban J connectivity index is 1.06. The fourth-order valence-corrected chi connectivity index (χ4v) is 11.0. The molecule has 13 rings (SSSR count). The molecule has 0 bridgehead atoms. The Morgan fingerprint density at radius 1 is 0.393 bits per heavy atom. The highest BCUT2D eigenvalue weighted by Gasteiger charge is 2.37. The van der Waals surface area contributed by atoms with Gasteiger partial charge in [0.05, 0.1) is 5.69 Å². The maximum absolute atomic E-state index is 7.08. The zero-order chi connectivity index (χ0) is 40.8. The van der Waals surface area contributed by atoms with E-state index < -0.39 is 0 Å². The number of furan rings is 2. The Labute approximate surface area is 354 Å². The summed E-state index contributed by atoms with van der Waals surface area (Å²) in [4.78, 5) is 2.43. The van der Waals surface area contributed by atoms with Gasteiger partial charge in [-0.15, -0.1) is 0 Å². The van der Waals surface area contributed by atoms with Crippen molar-refractivity contribution in [1.29, 1.82) is 0 Å². The van der Waals surface area contributed by atoms with Crippen molar-refractivity contribution in [3.05, 3.63) is 198 Å². The van der Waals surface area contributed by atoms with E-state index in [9.17, 15) is 0 Å². The van der Waals surface area contributed by atoms with Gasteiger partial charge in [0.2, 0.25) is 0 Å². The molecule has 0 amide bonds. The summed E-state index contributed by atoms with van der Waals surface area (Å²) in [6.07, 6.45) is 0. The van der Waals surface area contributed by atoms with Crippen LogP contribution in [-0.2, 0) is 10.8 Å².